The Labute approximate surface area is 118 Å². The molecule has 106 valence electrons. The van der Waals surface area contributed by atoms with Crippen molar-refractivity contribution in [2.75, 3.05) is 5.32 Å². The third kappa shape index (κ3) is 2.10. The van der Waals surface area contributed by atoms with Crippen molar-refractivity contribution in [2.24, 2.45) is 0 Å². The Kier molecular flexibility index (Phi) is 2.86. The van der Waals surface area contributed by atoms with E-state index in [1.54, 1.807) is 0 Å². The van der Waals surface area contributed by atoms with Crippen LogP contribution < -0.4 is 5.32 Å². The number of benzene rings is 2. The molecule has 0 bridgehead atoms. The molecule has 3 N–H and O–H groups in total. The van der Waals surface area contributed by atoms with Gasteiger partial charge in [-0.3, -0.25) is 4.79 Å². The second-order valence-electron chi connectivity index (χ2n) is 4.54. The molecule has 0 radical (unpaired) electrons. The van der Waals surface area contributed by atoms with Crippen LogP contribution >= 0.6 is 0 Å². The molecule has 21 heavy (non-hydrogen) atoms. The summed E-state index contributed by atoms with van der Waals surface area (Å²) < 4.78 is 27.2. The van der Waals surface area contributed by atoms with Gasteiger partial charge in [0.05, 0.1) is 11.3 Å². The summed E-state index contributed by atoms with van der Waals surface area (Å²) in [4.78, 5) is 11.9. The zero-order valence-corrected chi connectivity index (χ0v) is 10.5. The first-order chi connectivity index (χ1) is 9.97. The van der Waals surface area contributed by atoms with E-state index >= 15 is 0 Å². The van der Waals surface area contributed by atoms with E-state index in [2.05, 4.69) is 5.32 Å². The zero-order chi connectivity index (χ0) is 15.1. The van der Waals surface area contributed by atoms with Gasteiger partial charge in [-0.15, -0.1) is 0 Å². The number of amides is 1. The van der Waals surface area contributed by atoms with E-state index in [0.29, 0.717) is 0 Å². The molecule has 2 aromatic rings. The minimum Gasteiger partial charge on any atom is -0.508 e. The summed E-state index contributed by atoms with van der Waals surface area (Å²) in [6, 6.07) is 5.89. The summed E-state index contributed by atoms with van der Waals surface area (Å²) >= 11 is 0. The summed E-state index contributed by atoms with van der Waals surface area (Å²) in [7, 11) is 0. The fourth-order valence-corrected chi connectivity index (χ4v) is 2.17. The van der Waals surface area contributed by atoms with Gasteiger partial charge in [0.2, 0.25) is 0 Å². The van der Waals surface area contributed by atoms with Crippen LogP contribution in [0.3, 0.4) is 0 Å². The second kappa shape index (κ2) is 4.59. The molecule has 0 aromatic heterocycles. The molecular weight excluding hydrogens is 280 g/mol. The Morgan fingerprint density at radius 1 is 1.10 bits per heavy atom. The predicted molar refractivity (Wildman–Crippen MR) is 72.6 cm³/mol. The number of carbonyl (C=O) groups is 1. The van der Waals surface area contributed by atoms with Crippen LogP contribution in [0, 0.1) is 11.6 Å². The Balaban J connectivity index is 2.21. The van der Waals surface area contributed by atoms with Crippen LogP contribution in [0.5, 0.6) is 11.5 Å². The summed E-state index contributed by atoms with van der Waals surface area (Å²) in [6.45, 7) is 0. The van der Waals surface area contributed by atoms with Gasteiger partial charge in [0, 0.05) is 11.1 Å². The van der Waals surface area contributed by atoms with Crippen molar-refractivity contribution in [3.05, 3.63) is 53.1 Å². The highest BCUT2D eigenvalue weighted by atomic mass is 19.2. The maximum atomic E-state index is 13.9. The lowest BCUT2D eigenvalue weighted by molar-refractivity contribution is -0.110. The van der Waals surface area contributed by atoms with E-state index in [4.69, 9.17) is 0 Å². The third-order valence-corrected chi connectivity index (χ3v) is 3.17. The monoisotopic (exact) mass is 289 g/mol. The second-order valence-corrected chi connectivity index (χ2v) is 4.54. The Morgan fingerprint density at radius 2 is 1.86 bits per heavy atom. The van der Waals surface area contributed by atoms with E-state index in [1.165, 1.54) is 30.3 Å². The van der Waals surface area contributed by atoms with Gasteiger partial charge in [0.1, 0.15) is 11.5 Å². The van der Waals surface area contributed by atoms with Crippen LogP contribution in [0.25, 0.3) is 11.6 Å². The molecular formula is C15H9F2NO3. The van der Waals surface area contributed by atoms with Crippen LogP contribution in [0.4, 0.5) is 14.5 Å². The topological polar surface area (TPSA) is 69.6 Å². The highest BCUT2D eigenvalue weighted by Crippen LogP contribution is 2.37. The molecule has 0 saturated carbocycles. The van der Waals surface area contributed by atoms with Crippen LogP contribution in [0.1, 0.15) is 11.1 Å². The van der Waals surface area contributed by atoms with Gasteiger partial charge in [-0.2, -0.15) is 0 Å². The number of hydrogen-bond donors (Lipinski definition) is 3. The van der Waals surface area contributed by atoms with Gasteiger partial charge in [0.25, 0.3) is 5.91 Å². The summed E-state index contributed by atoms with van der Waals surface area (Å²) in [5.74, 6) is -3.15. The molecule has 0 fully saturated rings. The fraction of sp³-hybridized carbons (Fsp3) is 0. The highest BCUT2D eigenvalue weighted by molar-refractivity contribution is 6.35. The van der Waals surface area contributed by atoms with Gasteiger partial charge in [-0.25, -0.2) is 8.78 Å². The van der Waals surface area contributed by atoms with Gasteiger partial charge in [-0.1, -0.05) is 0 Å². The number of aromatic hydroxyl groups is 2. The van der Waals surface area contributed by atoms with Gasteiger partial charge < -0.3 is 15.5 Å². The summed E-state index contributed by atoms with van der Waals surface area (Å²) in [6.07, 6.45) is 1.19. The van der Waals surface area contributed by atoms with Crippen molar-refractivity contribution in [2.45, 2.75) is 0 Å². The number of phenolic OH excluding ortho intramolecular Hbond substituents is 2. The predicted octanol–water partition coefficient (Wildman–Crippen LogP) is 2.87. The third-order valence-electron chi connectivity index (χ3n) is 3.17. The molecule has 3 rings (SSSR count). The van der Waals surface area contributed by atoms with E-state index in [9.17, 15) is 23.8 Å². The number of nitrogens with one attached hydrogen (secondary N) is 1. The molecule has 2 aromatic carbocycles. The average molecular weight is 289 g/mol. The quantitative estimate of drug-likeness (QED) is 0.558. The standard InChI is InChI=1S/C15H9F2NO3/c16-10-2-3-11-13(14(10)17)9(15(21)18-11)6-7-5-8(19)1-4-12(7)20/h1-6,19-20H,(H,18,21)/b9-6+. The number of fused-ring (bicyclic) bond motifs is 1. The molecule has 4 nitrogen and oxygen atoms in total. The van der Waals surface area contributed by atoms with Crippen molar-refractivity contribution in [1.29, 1.82) is 0 Å². The van der Waals surface area contributed by atoms with E-state index < -0.39 is 17.5 Å². The van der Waals surface area contributed by atoms with Crippen molar-refractivity contribution in [3.63, 3.8) is 0 Å². The highest BCUT2D eigenvalue weighted by Gasteiger charge is 2.29. The lowest BCUT2D eigenvalue weighted by Gasteiger charge is -2.03. The molecule has 0 aliphatic carbocycles. The minimum atomic E-state index is -1.14. The van der Waals surface area contributed by atoms with E-state index in [0.717, 1.165) is 6.07 Å². The molecule has 0 spiro atoms. The van der Waals surface area contributed by atoms with Crippen molar-refractivity contribution in [1.82, 2.24) is 0 Å². The van der Waals surface area contributed by atoms with Crippen molar-refractivity contribution < 1.29 is 23.8 Å². The molecule has 1 amide bonds. The van der Waals surface area contributed by atoms with Gasteiger partial charge in [-0.05, 0) is 36.4 Å². The summed E-state index contributed by atoms with van der Waals surface area (Å²) in [5, 5.41) is 21.5. The van der Waals surface area contributed by atoms with Crippen LogP contribution in [0.15, 0.2) is 30.3 Å². The van der Waals surface area contributed by atoms with Crippen LogP contribution in [0.2, 0.25) is 0 Å². The minimum absolute atomic E-state index is 0.122. The lowest BCUT2D eigenvalue weighted by atomic mass is 10.0. The molecule has 6 heteroatoms. The van der Waals surface area contributed by atoms with Gasteiger partial charge in [0.15, 0.2) is 11.6 Å². The first-order valence-electron chi connectivity index (χ1n) is 6.01. The number of rotatable bonds is 1. The van der Waals surface area contributed by atoms with Crippen molar-refractivity contribution in [3.8, 4) is 11.5 Å². The normalized spacial score (nSPS) is 15.1. The number of halogens is 2. The first-order valence-corrected chi connectivity index (χ1v) is 6.01. The van der Waals surface area contributed by atoms with E-state index in [1.807, 2.05) is 0 Å². The Bertz CT molecular complexity index is 800. The first kappa shape index (κ1) is 13.1. The smallest absolute Gasteiger partial charge is 0.256 e. The van der Waals surface area contributed by atoms with Crippen LogP contribution in [-0.4, -0.2) is 16.1 Å². The number of anilines is 1. The molecule has 0 saturated heterocycles. The largest absolute Gasteiger partial charge is 0.508 e. The maximum Gasteiger partial charge on any atom is 0.256 e. The zero-order valence-electron chi connectivity index (χ0n) is 10.5. The molecule has 0 unspecified atom stereocenters. The fourth-order valence-electron chi connectivity index (χ4n) is 2.17. The van der Waals surface area contributed by atoms with Crippen molar-refractivity contribution >= 4 is 23.2 Å². The number of hydrogen-bond acceptors (Lipinski definition) is 3. The molecule has 1 heterocycles. The Morgan fingerprint density at radius 3 is 2.62 bits per heavy atom. The SMILES string of the molecule is O=C1Nc2ccc(F)c(F)c2/C1=C\c1cc(O)ccc1O. The average Bonchev–Trinajstić information content (AvgIpc) is 2.75. The van der Waals surface area contributed by atoms with Crippen LogP contribution in [-0.2, 0) is 4.79 Å². The van der Waals surface area contributed by atoms with E-state index in [-0.39, 0.29) is 33.9 Å². The molecule has 0 atom stereocenters. The summed E-state index contributed by atoms with van der Waals surface area (Å²) in [5.41, 5.74) is -0.0351. The molecule has 1 aliphatic rings. The number of carbonyl (C=O) groups excluding carboxylic acids is 1. The Hall–Kier alpha value is -2.89. The lowest BCUT2D eigenvalue weighted by Crippen LogP contribution is -2.03. The molecule has 1 aliphatic heterocycles. The number of phenols is 2. The van der Waals surface area contributed by atoms with Gasteiger partial charge >= 0.3 is 0 Å². The maximum absolute atomic E-state index is 13.9.